The Morgan fingerprint density at radius 3 is 2.85 bits per heavy atom. The molecule has 4 unspecified atom stereocenters. The Morgan fingerprint density at radius 1 is 1.46 bits per heavy atom. The Kier molecular flexibility index (Phi) is 2.80. The molecule has 0 saturated heterocycles. The van der Waals surface area contributed by atoms with Crippen LogP contribution in [0.15, 0.2) is 12.2 Å². The van der Waals surface area contributed by atoms with Crippen molar-refractivity contribution in [3.63, 3.8) is 0 Å². The molecule has 2 rings (SSSR count). The molecule has 0 aromatic heterocycles. The zero-order chi connectivity index (χ0) is 9.26. The summed E-state index contributed by atoms with van der Waals surface area (Å²) in [6.07, 6.45) is 8.43. The van der Waals surface area contributed by atoms with Crippen LogP contribution in [0.4, 0.5) is 0 Å². The largest absolute Gasteiger partial charge is 0.312 e. The molecule has 2 bridgehead atoms. The van der Waals surface area contributed by atoms with Crippen molar-refractivity contribution in [2.45, 2.75) is 19.3 Å². The first-order valence-corrected chi connectivity index (χ1v) is 6.24. The predicted molar refractivity (Wildman–Crippen MR) is 55.8 cm³/mol. The minimum absolute atomic E-state index is 0.339. The first-order valence-electron chi connectivity index (χ1n) is 4.95. The van der Waals surface area contributed by atoms with Gasteiger partial charge in [0, 0.05) is 12.3 Å². The molecular formula is C10H16NOP. The molecule has 2 N–H and O–H groups in total. The Balaban J connectivity index is 1.88. The van der Waals surface area contributed by atoms with E-state index in [0.29, 0.717) is 38.7 Å². The summed E-state index contributed by atoms with van der Waals surface area (Å²) < 4.78 is 0. The highest BCUT2D eigenvalue weighted by atomic mass is 31.1. The summed E-state index contributed by atoms with van der Waals surface area (Å²) in [6.45, 7) is 0. The average molecular weight is 197 g/mol. The molecule has 2 aliphatic carbocycles. The van der Waals surface area contributed by atoms with Crippen LogP contribution in [0, 0.1) is 17.8 Å². The lowest BCUT2D eigenvalue weighted by molar-refractivity contribution is -0.123. The van der Waals surface area contributed by atoms with Crippen LogP contribution in [0.5, 0.6) is 0 Å². The molecule has 0 amide bonds. The van der Waals surface area contributed by atoms with Crippen molar-refractivity contribution in [1.29, 1.82) is 0 Å². The standard InChI is InChI=1S/C10H16NOP/c11-13-4-3-10(12)9-6-7-1-2-8(9)5-7/h1-2,7-9,13H,3-6,11H2. The summed E-state index contributed by atoms with van der Waals surface area (Å²) in [5, 5.41) is 0. The fraction of sp³-hybridized carbons (Fsp3) is 0.700. The Bertz CT molecular complexity index is 239. The number of Topliss-reactive ketones (excluding diaryl/α,β-unsaturated/α-hetero) is 1. The lowest BCUT2D eigenvalue weighted by Gasteiger charge is -2.16. The zero-order valence-electron chi connectivity index (χ0n) is 7.70. The molecule has 1 saturated carbocycles. The minimum Gasteiger partial charge on any atom is -0.312 e. The topological polar surface area (TPSA) is 43.1 Å². The van der Waals surface area contributed by atoms with Gasteiger partial charge in [-0.2, -0.15) is 0 Å². The van der Waals surface area contributed by atoms with E-state index >= 15 is 0 Å². The number of ketones is 1. The lowest BCUT2D eigenvalue weighted by atomic mass is 9.89. The number of rotatable bonds is 4. The fourth-order valence-electron chi connectivity index (χ4n) is 2.53. The minimum atomic E-state index is 0.339. The van der Waals surface area contributed by atoms with E-state index in [-0.39, 0.29) is 0 Å². The quantitative estimate of drug-likeness (QED) is 0.550. The highest BCUT2D eigenvalue weighted by molar-refractivity contribution is 7.35. The molecule has 2 aliphatic rings. The van der Waals surface area contributed by atoms with Gasteiger partial charge in [-0.25, -0.2) is 0 Å². The van der Waals surface area contributed by atoms with E-state index in [4.69, 9.17) is 5.50 Å². The van der Waals surface area contributed by atoms with Crippen LogP contribution < -0.4 is 5.50 Å². The zero-order valence-corrected chi connectivity index (χ0v) is 8.70. The summed E-state index contributed by atoms with van der Waals surface area (Å²) in [6, 6.07) is 0. The highest BCUT2D eigenvalue weighted by Gasteiger charge is 2.38. The highest BCUT2D eigenvalue weighted by Crippen LogP contribution is 2.44. The molecule has 2 nitrogen and oxygen atoms in total. The van der Waals surface area contributed by atoms with E-state index in [0.717, 1.165) is 12.6 Å². The molecule has 1 fully saturated rings. The van der Waals surface area contributed by atoms with Crippen LogP contribution in [0.3, 0.4) is 0 Å². The van der Waals surface area contributed by atoms with Gasteiger partial charge in [0.05, 0.1) is 0 Å². The number of nitrogens with two attached hydrogens (primary N) is 1. The number of carbonyl (C=O) groups is 1. The van der Waals surface area contributed by atoms with E-state index in [1.54, 1.807) is 0 Å². The summed E-state index contributed by atoms with van der Waals surface area (Å²) in [5.74, 6) is 2.07. The van der Waals surface area contributed by atoms with E-state index < -0.39 is 0 Å². The van der Waals surface area contributed by atoms with Crippen molar-refractivity contribution in [2.75, 3.05) is 6.16 Å². The second kappa shape index (κ2) is 3.89. The molecule has 13 heavy (non-hydrogen) atoms. The molecule has 0 aromatic rings. The van der Waals surface area contributed by atoms with Crippen molar-refractivity contribution >= 4 is 14.5 Å². The van der Waals surface area contributed by atoms with Gasteiger partial charge in [-0.1, -0.05) is 20.9 Å². The predicted octanol–water partition coefficient (Wildman–Crippen LogP) is 1.71. The molecule has 0 radical (unpaired) electrons. The van der Waals surface area contributed by atoms with Crippen LogP contribution in [0.2, 0.25) is 0 Å². The summed E-state index contributed by atoms with van der Waals surface area (Å²) in [4.78, 5) is 11.7. The monoisotopic (exact) mass is 197 g/mol. The SMILES string of the molecule is NPCCC(=O)C1CC2C=CC1C2. The molecule has 0 heterocycles. The van der Waals surface area contributed by atoms with Crippen molar-refractivity contribution in [3.8, 4) is 0 Å². The van der Waals surface area contributed by atoms with Gasteiger partial charge in [0.1, 0.15) is 5.78 Å². The number of hydrogen-bond acceptors (Lipinski definition) is 2. The van der Waals surface area contributed by atoms with Crippen LogP contribution in [0.1, 0.15) is 19.3 Å². The molecule has 0 aromatic carbocycles. The molecule has 4 atom stereocenters. The van der Waals surface area contributed by atoms with Gasteiger partial charge in [0.2, 0.25) is 0 Å². The third-order valence-corrected chi connectivity index (χ3v) is 3.75. The fourth-order valence-corrected chi connectivity index (χ4v) is 2.92. The van der Waals surface area contributed by atoms with Gasteiger partial charge < -0.3 is 5.50 Å². The smallest absolute Gasteiger partial charge is 0.136 e. The van der Waals surface area contributed by atoms with Gasteiger partial charge in [-0.15, -0.1) is 0 Å². The van der Waals surface area contributed by atoms with Crippen molar-refractivity contribution < 1.29 is 4.79 Å². The Morgan fingerprint density at radius 2 is 2.31 bits per heavy atom. The van der Waals surface area contributed by atoms with Crippen LogP contribution >= 0.6 is 8.73 Å². The molecule has 0 aliphatic heterocycles. The molecule has 3 heteroatoms. The summed E-state index contributed by atoms with van der Waals surface area (Å²) >= 11 is 0. The van der Waals surface area contributed by atoms with Gasteiger partial charge in [0.15, 0.2) is 0 Å². The second-order valence-corrected chi connectivity index (χ2v) is 4.97. The lowest BCUT2D eigenvalue weighted by Crippen LogP contribution is -2.19. The van der Waals surface area contributed by atoms with Crippen LogP contribution in [-0.2, 0) is 4.79 Å². The van der Waals surface area contributed by atoms with Crippen molar-refractivity contribution in [3.05, 3.63) is 12.2 Å². The third kappa shape index (κ3) is 1.84. The summed E-state index contributed by atoms with van der Waals surface area (Å²) in [5.41, 5.74) is 5.41. The molecule has 0 spiro atoms. The van der Waals surface area contributed by atoms with Crippen LogP contribution in [0.25, 0.3) is 0 Å². The molecule has 72 valence electrons. The maximum absolute atomic E-state index is 11.7. The Hall–Kier alpha value is -0.200. The normalized spacial score (nSPS) is 36.5. The van der Waals surface area contributed by atoms with Gasteiger partial charge >= 0.3 is 0 Å². The van der Waals surface area contributed by atoms with Gasteiger partial charge in [-0.05, 0) is 30.8 Å². The maximum atomic E-state index is 11.7. The van der Waals surface area contributed by atoms with E-state index in [1.807, 2.05) is 0 Å². The van der Waals surface area contributed by atoms with Gasteiger partial charge in [0.25, 0.3) is 0 Å². The van der Waals surface area contributed by atoms with E-state index in [2.05, 4.69) is 12.2 Å². The Labute approximate surface area is 80.8 Å². The third-order valence-electron chi connectivity index (χ3n) is 3.21. The van der Waals surface area contributed by atoms with E-state index in [9.17, 15) is 4.79 Å². The number of hydrogen-bond donors (Lipinski definition) is 1. The maximum Gasteiger partial charge on any atom is 0.136 e. The number of allylic oxidation sites excluding steroid dienone is 2. The van der Waals surface area contributed by atoms with Gasteiger partial charge in [-0.3, -0.25) is 4.79 Å². The van der Waals surface area contributed by atoms with E-state index in [1.165, 1.54) is 6.42 Å². The number of fused-ring (bicyclic) bond motifs is 2. The van der Waals surface area contributed by atoms with Crippen LogP contribution in [-0.4, -0.2) is 11.9 Å². The van der Waals surface area contributed by atoms with Crippen molar-refractivity contribution in [2.24, 2.45) is 23.3 Å². The average Bonchev–Trinajstić information content (AvgIpc) is 2.74. The first kappa shape index (κ1) is 9.36. The number of carbonyl (C=O) groups excluding carboxylic acids is 1. The second-order valence-electron chi connectivity index (χ2n) is 4.06. The first-order chi connectivity index (χ1) is 6.31. The summed E-state index contributed by atoms with van der Waals surface area (Å²) in [7, 11) is 0.432. The van der Waals surface area contributed by atoms with Crippen molar-refractivity contribution in [1.82, 2.24) is 0 Å². The molecular weight excluding hydrogens is 181 g/mol.